The van der Waals surface area contributed by atoms with Crippen LogP contribution in [-0.4, -0.2) is 14.7 Å². The van der Waals surface area contributed by atoms with Gasteiger partial charge in [-0.05, 0) is 0 Å². The van der Waals surface area contributed by atoms with Gasteiger partial charge < -0.3 is 14.7 Å². The number of hydrogen-bond acceptors (Lipinski definition) is 1. The van der Waals surface area contributed by atoms with Gasteiger partial charge in [-0.15, -0.1) is 0 Å². The van der Waals surface area contributed by atoms with Gasteiger partial charge in [0, 0.05) is 33.3 Å². The van der Waals surface area contributed by atoms with Crippen molar-refractivity contribution in [1.29, 1.82) is 0 Å². The summed E-state index contributed by atoms with van der Waals surface area (Å²) in [6.07, 6.45) is 0. The monoisotopic (exact) mass is 215 g/mol. The van der Waals surface area contributed by atoms with Crippen molar-refractivity contribution >= 4 is 7.82 Å². The summed E-state index contributed by atoms with van der Waals surface area (Å²) in [7, 11) is -4.64. The molecule has 0 aromatic rings. The molecule has 7 heteroatoms. The Kier molecular flexibility index (Phi) is 11.8. The van der Waals surface area contributed by atoms with E-state index in [0.29, 0.717) is 0 Å². The van der Waals surface area contributed by atoms with Gasteiger partial charge in [0.25, 0.3) is 0 Å². The summed E-state index contributed by atoms with van der Waals surface area (Å²) in [5, 5.41) is 0. The molecule has 0 fully saturated rings. The molecule has 1 radical (unpaired) electrons. The topological polar surface area (TPSA) is 77.8 Å². The van der Waals surface area contributed by atoms with Gasteiger partial charge in [-0.3, -0.25) is 0 Å². The molecule has 0 rings (SSSR count). The van der Waals surface area contributed by atoms with Gasteiger partial charge >= 0.3 is 7.82 Å². The molecule has 51 valence electrons. The summed E-state index contributed by atoms with van der Waals surface area (Å²) in [5.74, 6) is 0. The van der Waals surface area contributed by atoms with Crippen molar-refractivity contribution < 1.29 is 52.5 Å². The maximum Gasteiger partial charge on any atom is 0.466 e. The number of rotatable bonds is 0. The Balaban J connectivity index is -0.0000000800. The minimum absolute atomic E-state index is 0. The maximum atomic E-state index is 8.88. The molecule has 0 bridgehead atoms. The van der Waals surface area contributed by atoms with Crippen molar-refractivity contribution in [2.24, 2.45) is 0 Å². The van der Waals surface area contributed by atoms with E-state index >= 15 is 0 Å². The van der Waals surface area contributed by atoms with Crippen molar-refractivity contribution in [1.82, 2.24) is 0 Å². The number of phosphoric acid groups is 1. The average Bonchev–Trinajstić information content (AvgIpc) is 0.722. The van der Waals surface area contributed by atoms with Crippen LogP contribution >= 0.6 is 7.82 Å². The van der Waals surface area contributed by atoms with Crippen LogP contribution in [0.1, 0.15) is 0 Å². The third-order valence-corrected chi connectivity index (χ3v) is 0. The predicted octanol–water partition coefficient (Wildman–Crippen LogP) is -0.934. The SMILES string of the molecule is O=P(O)(O)O.[Co].[Ni]. The Hall–Kier alpha value is 1.11. The second-order valence-electron chi connectivity index (χ2n) is 0.513. The third kappa shape index (κ3) is 151. The quantitative estimate of drug-likeness (QED) is 0.360. The zero-order chi connectivity index (χ0) is 4.50. The van der Waals surface area contributed by atoms with Crippen molar-refractivity contribution in [2.75, 3.05) is 0 Å². The van der Waals surface area contributed by atoms with Crippen molar-refractivity contribution in [3.63, 3.8) is 0 Å². The molecule has 0 atom stereocenters. The summed E-state index contributed by atoms with van der Waals surface area (Å²) < 4.78 is 8.88. The smallest absolute Gasteiger partial charge is 0.303 e. The molecule has 0 saturated carbocycles. The van der Waals surface area contributed by atoms with Crippen molar-refractivity contribution in [3.05, 3.63) is 0 Å². The first kappa shape index (κ1) is 15.7. The van der Waals surface area contributed by atoms with Crippen LogP contribution < -0.4 is 0 Å². The van der Waals surface area contributed by atoms with E-state index in [-0.39, 0.29) is 33.3 Å². The van der Waals surface area contributed by atoms with Crippen LogP contribution in [0.15, 0.2) is 0 Å². The van der Waals surface area contributed by atoms with Gasteiger partial charge in [-0.2, -0.15) is 0 Å². The first-order chi connectivity index (χ1) is 2.00. The maximum absolute atomic E-state index is 8.88. The summed E-state index contributed by atoms with van der Waals surface area (Å²) >= 11 is 0. The van der Waals surface area contributed by atoms with Gasteiger partial charge in [0.15, 0.2) is 0 Å². The Morgan fingerprint density at radius 3 is 1.14 bits per heavy atom. The summed E-state index contributed by atoms with van der Waals surface area (Å²) in [6, 6.07) is 0. The van der Waals surface area contributed by atoms with Crippen LogP contribution in [0.25, 0.3) is 0 Å². The molecule has 7 heavy (non-hydrogen) atoms. The zero-order valence-electron chi connectivity index (χ0n) is 2.85. The Bertz CT molecular complexity index is 57.8. The first-order valence-corrected chi connectivity index (χ1v) is 2.35. The van der Waals surface area contributed by atoms with E-state index in [9.17, 15) is 0 Å². The largest absolute Gasteiger partial charge is 0.466 e. The molecular weight excluding hydrogens is 213 g/mol. The molecule has 0 aromatic heterocycles. The molecule has 0 aromatic carbocycles. The van der Waals surface area contributed by atoms with Crippen LogP contribution in [0.3, 0.4) is 0 Å². The van der Waals surface area contributed by atoms with Crippen LogP contribution in [0.4, 0.5) is 0 Å². The Morgan fingerprint density at radius 1 is 1.14 bits per heavy atom. The molecule has 0 aliphatic heterocycles. The minimum atomic E-state index is -4.64. The minimum Gasteiger partial charge on any atom is -0.303 e. The fourth-order valence-corrected chi connectivity index (χ4v) is 0. The summed E-state index contributed by atoms with van der Waals surface area (Å²) in [6.45, 7) is 0. The van der Waals surface area contributed by atoms with Crippen LogP contribution in [0.2, 0.25) is 0 Å². The van der Waals surface area contributed by atoms with Crippen LogP contribution in [0.5, 0.6) is 0 Å². The molecule has 4 nitrogen and oxygen atoms in total. The molecule has 0 heterocycles. The first-order valence-electron chi connectivity index (χ1n) is 0.783. The van der Waals surface area contributed by atoms with Gasteiger partial charge in [0.2, 0.25) is 0 Å². The second-order valence-corrected chi connectivity index (χ2v) is 1.54. The molecular formula is H3CoNiO4P. The van der Waals surface area contributed by atoms with E-state index in [4.69, 9.17) is 19.2 Å². The van der Waals surface area contributed by atoms with Gasteiger partial charge in [-0.1, -0.05) is 0 Å². The average molecular weight is 216 g/mol. The number of hydrogen-bond donors (Lipinski definition) is 3. The molecule has 0 unspecified atom stereocenters. The van der Waals surface area contributed by atoms with E-state index in [0.717, 1.165) is 0 Å². The van der Waals surface area contributed by atoms with E-state index in [1.165, 1.54) is 0 Å². The zero-order valence-corrected chi connectivity index (χ0v) is 5.77. The second kappa shape index (κ2) is 5.25. The fraction of sp³-hybridized carbons (Fsp3) is 0. The standard InChI is InChI=1S/Co.Ni.H3O4P/c;;1-5(2,3)4/h;;(H3,1,2,3,4). The Morgan fingerprint density at radius 2 is 1.14 bits per heavy atom. The van der Waals surface area contributed by atoms with E-state index in [1.54, 1.807) is 0 Å². The van der Waals surface area contributed by atoms with Crippen LogP contribution in [-0.2, 0) is 37.8 Å². The molecule has 0 aliphatic carbocycles. The van der Waals surface area contributed by atoms with Gasteiger partial charge in [0.1, 0.15) is 0 Å². The van der Waals surface area contributed by atoms with E-state index in [1.807, 2.05) is 0 Å². The van der Waals surface area contributed by atoms with Gasteiger partial charge in [0.05, 0.1) is 0 Å². The summed E-state index contributed by atoms with van der Waals surface area (Å²) in [4.78, 5) is 21.6. The van der Waals surface area contributed by atoms with Crippen molar-refractivity contribution in [3.8, 4) is 0 Å². The summed E-state index contributed by atoms with van der Waals surface area (Å²) in [5.41, 5.74) is 0. The van der Waals surface area contributed by atoms with E-state index < -0.39 is 7.82 Å². The van der Waals surface area contributed by atoms with Crippen LogP contribution in [0, 0.1) is 0 Å². The van der Waals surface area contributed by atoms with Gasteiger partial charge in [-0.25, -0.2) is 4.57 Å². The molecule has 0 spiro atoms. The normalized spacial score (nSPS) is 8.43. The molecule has 3 N–H and O–H groups in total. The Labute approximate surface area is 60.7 Å². The molecule has 0 saturated heterocycles. The van der Waals surface area contributed by atoms with Crippen molar-refractivity contribution in [2.45, 2.75) is 0 Å². The molecule has 0 aliphatic rings. The van der Waals surface area contributed by atoms with E-state index in [2.05, 4.69) is 0 Å². The third-order valence-electron chi connectivity index (χ3n) is 0. The predicted molar refractivity (Wildman–Crippen MR) is 14.3 cm³/mol. The fourth-order valence-electron chi connectivity index (χ4n) is 0. The molecule has 0 amide bonds.